The summed E-state index contributed by atoms with van der Waals surface area (Å²) in [5.41, 5.74) is 0.777. The molecule has 1 aromatic rings. The van der Waals surface area contributed by atoms with Gasteiger partial charge in [-0.05, 0) is 12.1 Å². The first-order valence-corrected chi connectivity index (χ1v) is 5.59. The molecule has 0 bridgehead atoms. The van der Waals surface area contributed by atoms with Crippen LogP contribution in [0, 0.1) is 5.92 Å². The summed E-state index contributed by atoms with van der Waals surface area (Å²) in [6.07, 6.45) is 0. The molecule has 1 aliphatic rings. The lowest BCUT2D eigenvalue weighted by molar-refractivity contribution is -0.144. The Morgan fingerprint density at radius 2 is 1.72 bits per heavy atom. The van der Waals surface area contributed by atoms with Gasteiger partial charge >= 0.3 is 5.97 Å². The number of hydrogen-bond donors (Lipinski definition) is 0. The third-order valence-electron chi connectivity index (χ3n) is 2.94. The van der Waals surface area contributed by atoms with Crippen LogP contribution in [0.25, 0.3) is 0 Å². The van der Waals surface area contributed by atoms with Gasteiger partial charge in [0, 0.05) is 6.54 Å². The van der Waals surface area contributed by atoms with E-state index in [9.17, 15) is 14.4 Å². The summed E-state index contributed by atoms with van der Waals surface area (Å²) < 4.78 is 4.58. The molecule has 0 saturated heterocycles. The number of fused-ring (bicyclic) bond motifs is 1. The maximum absolute atomic E-state index is 12.0. The molecule has 0 aromatic heterocycles. The van der Waals surface area contributed by atoms with Crippen LogP contribution >= 0.6 is 0 Å². The van der Waals surface area contributed by atoms with Crippen molar-refractivity contribution >= 4 is 17.8 Å². The fourth-order valence-corrected chi connectivity index (χ4v) is 1.95. The van der Waals surface area contributed by atoms with Gasteiger partial charge in [-0.15, -0.1) is 0 Å². The van der Waals surface area contributed by atoms with Crippen LogP contribution < -0.4 is 0 Å². The van der Waals surface area contributed by atoms with Crippen molar-refractivity contribution in [3.8, 4) is 0 Å². The molecule has 1 aliphatic heterocycles. The molecule has 2 amide bonds. The lowest BCUT2D eigenvalue weighted by Gasteiger charge is -2.17. The molecule has 1 atom stereocenters. The van der Waals surface area contributed by atoms with Gasteiger partial charge in [-0.2, -0.15) is 0 Å². The number of imide groups is 1. The molecule has 5 nitrogen and oxygen atoms in total. The van der Waals surface area contributed by atoms with E-state index in [2.05, 4.69) is 4.74 Å². The van der Waals surface area contributed by atoms with Gasteiger partial charge in [-0.3, -0.25) is 19.3 Å². The zero-order valence-corrected chi connectivity index (χ0v) is 10.2. The van der Waals surface area contributed by atoms with Gasteiger partial charge in [0.05, 0.1) is 24.2 Å². The van der Waals surface area contributed by atoms with Crippen molar-refractivity contribution in [3.05, 3.63) is 35.4 Å². The zero-order valence-electron chi connectivity index (χ0n) is 10.2. The van der Waals surface area contributed by atoms with Crippen molar-refractivity contribution in [2.45, 2.75) is 6.92 Å². The van der Waals surface area contributed by atoms with Gasteiger partial charge < -0.3 is 4.74 Å². The molecule has 0 unspecified atom stereocenters. The standard InChI is InChI=1S/C13H13NO4/c1-8(13(17)18-2)7-14-11(15)9-5-3-4-6-10(9)12(14)16/h3-6,8H,7H2,1-2H3/t8-/m0/s1. The summed E-state index contributed by atoms with van der Waals surface area (Å²) >= 11 is 0. The number of carbonyl (C=O) groups is 3. The molecule has 1 aromatic carbocycles. The molecular formula is C13H13NO4. The Bertz CT molecular complexity index is 488. The van der Waals surface area contributed by atoms with E-state index < -0.39 is 11.9 Å². The number of rotatable bonds is 3. The van der Waals surface area contributed by atoms with E-state index in [1.54, 1.807) is 31.2 Å². The summed E-state index contributed by atoms with van der Waals surface area (Å²) in [7, 11) is 1.28. The second-order valence-corrected chi connectivity index (χ2v) is 4.19. The maximum Gasteiger partial charge on any atom is 0.310 e. The van der Waals surface area contributed by atoms with Gasteiger partial charge in [-0.1, -0.05) is 19.1 Å². The van der Waals surface area contributed by atoms with E-state index >= 15 is 0 Å². The average Bonchev–Trinajstić information content (AvgIpc) is 2.63. The second kappa shape index (κ2) is 4.60. The highest BCUT2D eigenvalue weighted by atomic mass is 16.5. The molecule has 0 saturated carbocycles. The zero-order chi connectivity index (χ0) is 13.3. The average molecular weight is 247 g/mol. The number of benzene rings is 1. The lowest BCUT2D eigenvalue weighted by atomic mass is 10.1. The predicted octanol–water partition coefficient (Wildman–Crippen LogP) is 1.09. The third-order valence-corrected chi connectivity index (χ3v) is 2.94. The molecule has 0 radical (unpaired) electrons. The van der Waals surface area contributed by atoms with Crippen LogP contribution in [-0.2, 0) is 9.53 Å². The van der Waals surface area contributed by atoms with Gasteiger partial charge in [-0.25, -0.2) is 0 Å². The smallest absolute Gasteiger partial charge is 0.310 e. The molecule has 2 rings (SSSR count). The van der Waals surface area contributed by atoms with Gasteiger partial charge in [0.25, 0.3) is 11.8 Å². The van der Waals surface area contributed by atoms with Crippen LogP contribution in [0.15, 0.2) is 24.3 Å². The second-order valence-electron chi connectivity index (χ2n) is 4.19. The SMILES string of the molecule is COC(=O)[C@@H](C)CN1C(=O)c2ccccc2C1=O. The summed E-state index contributed by atoms with van der Waals surface area (Å²) in [5, 5.41) is 0. The monoisotopic (exact) mass is 247 g/mol. The molecule has 5 heteroatoms. The summed E-state index contributed by atoms with van der Waals surface area (Å²) in [5.74, 6) is -1.68. The largest absolute Gasteiger partial charge is 0.469 e. The topological polar surface area (TPSA) is 63.7 Å². The predicted molar refractivity (Wildman–Crippen MR) is 63.0 cm³/mol. The third kappa shape index (κ3) is 1.88. The van der Waals surface area contributed by atoms with Crippen LogP contribution in [-0.4, -0.2) is 36.3 Å². The van der Waals surface area contributed by atoms with Crippen molar-refractivity contribution in [1.29, 1.82) is 0 Å². The molecule has 0 aliphatic carbocycles. The quantitative estimate of drug-likeness (QED) is 0.592. The lowest BCUT2D eigenvalue weighted by Crippen LogP contribution is -2.36. The summed E-state index contributed by atoms with van der Waals surface area (Å²) in [6.45, 7) is 1.66. The maximum atomic E-state index is 12.0. The van der Waals surface area contributed by atoms with Crippen LogP contribution in [0.3, 0.4) is 0 Å². The molecular weight excluding hydrogens is 234 g/mol. The number of carbonyl (C=O) groups excluding carboxylic acids is 3. The van der Waals surface area contributed by atoms with E-state index in [1.807, 2.05) is 0 Å². The fourth-order valence-electron chi connectivity index (χ4n) is 1.95. The molecule has 1 heterocycles. The highest BCUT2D eigenvalue weighted by Gasteiger charge is 2.36. The van der Waals surface area contributed by atoms with E-state index in [0.29, 0.717) is 11.1 Å². The minimum absolute atomic E-state index is 0.0407. The van der Waals surface area contributed by atoms with Gasteiger partial charge in [0.1, 0.15) is 0 Å². The number of amides is 2. The molecule has 0 spiro atoms. The highest BCUT2D eigenvalue weighted by molar-refractivity contribution is 6.21. The first kappa shape index (κ1) is 12.3. The highest BCUT2D eigenvalue weighted by Crippen LogP contribution is 2.23. The van der Waals surface area contributed by atoms with E-state index in [1.165, 1.54) is 7.11 Å². The molecule has 94 valence electrons. The van der Waals surface area contributed by atoms with E-state index in [4.69, 9.17) is 0 Å². The Morgan fingerprint density at radius 3 is 2.17 bits per heavy atom. The Kier molecular flexibility index (Phi) is 3.14. The number of methoxy groups -OCH3 is 1. The first-order chi connectivity index (χ1) is 8.56. The Morgan fingerprint density at radius 1 is 1.22 bits per heavy atom. The molecule has 0 fully saturated rings. The Balaban J connectivity index is 2.21. The van der Waals surface area contributed by atoms with Crippen molar-refractivity contribution in [2.75, 3.05) is 13.7 Å². The van der Waals surface area contributed by atoms with Crippen molar-refractivity contribution in [2.24, 2.45) is 5.92 Å². The van der Waals surface area contributed by atoms with E-state index in [0.717, 1.165) is 4.90 Å². The number of ether oxygens (including phenoxy) is 1. The molecule has 18 heavy (non-hydrogen) atoms. The Labute approximate surface area is 104 Å². The van der Waals surface area contributed by atoms with Crippen LogP contribution in [0.5, 0.6) is 0 Å². The van der Waals surface area contributed by atoms with Crippen molar-refractivity contribution < 1.29 is 19.1 Å². The minimum Gasteiger partial charge on any atom is -0.469 e. The van der Waals surface area contributed by atoms with Crippen LogP contribution in [0.4, 0.5) is 0 Å². The summed E-state index contributed by atoms with van der Waals surface area (Å²) in [4.78, 5) is 36.4. The normalized spacial score (nSPS) is 15.6. The van der Waals surface area contributed by atoms with E-state index in [-0.39, 0.29) is 18.4 Å². The van der Waals surface area contributed by atoms with Crippen molar-refractivity contribution in [1.82, 2.24) is 4.90 Å². The van der Waals surface area contributed by atoms with Crippen LogP contribution in [0.2, 0.25) is 0 Å². The minimum atomic E-state index is -0.530. The fraction of sp³-hybridized carbons (Fsp3) is 0.308. The number of nitrogens with zero attached hydrogens (tertiary/aromatic N) is 1. The number of hydrogen-bond acceptors (Lipinski definition) is 4. The van der Waals surface area contributed by atoms with Gasteiger partial charge in [0.15, 0.2) is 0 Å². The Hall–Kier alpha value is -2.17. The number of esters is 1. The van der Waals surface area contributed by atoms with Crippen molar-refractivity contribution in [3.63, 3.8) is 0 Å². The first-order valence-electron chi connectivity index (χ1n) is 5.59. The van der Waals surface area contributed by atoms with Crippen LogP contribution in [0.1, 0.15) is 27.6 Å². The van der Waals surface area contributed by atoms with Gasteiger partial charge in [0.2, 0.25) is 0 Å². The summed E-state index contributed by atoms with van der Waals surface area (Å²) in [6, 6.07) is 6.63. The molecule has 0 N–H and O–H groups in total.